The zero-order chi connectivity index (χ0) is 15.3. The molecule has 2 aromatic rings. The first-order valence-electron chi connectivity index (χ1n) is 6.53. The number of hydrogen-bond acceptors (Lipinski definition) is 4. The fraction of sp³-hybridized carbons (Fsp3) is 0.188. The molecular weight excluding hydrogens is 285 g/mol. The third-order valence-corrected chi connectivity index (χ3v) is 5.33. The van der Waals surface area contributed by atoms with Crippen LogP contribution < -0.4 is 10.7 Å². The quantitative estimate of drug-likeness (QED) is 0.676. The van der Waals surface area contributed by atoms with Crippen molar-refractivity contribution >= 4 is 18.1 Å². The van der Waals surface area contributed by atoms with Crippen LogP contribution in [-0.4, -0.2) is 16.7 Å². The van der Waals surface area contributed by atoms with Crippen LogP contribution in [0, 0.1) is 12.3 Å². The lowest BCUT2D eigenvalue weighted by molar-refractivity contribution is 0.277. The standard InChI is InChI=1S/C16H16NO3P/c1-3-13-10-14(12-18)17-16(11-13)21(19,20-4-2)15-8-6-5-7-9-15/h1,5-11,18H,4,12H2,2H3. The minimum absolute atomic E-state index is 0.259. The Bertz CT molecular complexity index is 707. The molecule has 0 saturated heterocycles. The van der Waals surface area contributed by atoms with Crippen molar-refractivity contribution in [1.82, 2.24) is 4.98 Å². The fourth-order valence-electron chi connectivity index (χ4n) is 1.97. The van der Waals surface area contributed by atoms with Gasteiger partial charge in [0.05, 0.1) is 18.9 Å². The number of terminal acetylenes is 1. The summed E-state index contributed by atoms with van der Waals surface area (Å²) in [7, 11) is -3.32. The maximum atomic E-state index is 13.3. The third kappa shape index (κ3) is 3.22. The summed E-state index contributed by atoms with van der Waals surface area (Å²) < 4.78 is 18.9. The molecule has 4 nitrogen and oxygen atoms in total. The molecule has 0 aliphatic carbocycles. The van der Waals surface area contributed by atoms with E-state index in [1.165, 1.54) is 0 Å². The van der Waals surface area contributed by atoms with E-state index in [-0.39, 0.29) is 18.6 Å². The average Bonchev–Trinajstić information content (AvgIpc) is 2.55. The average molecular weight is 301 g/mol. The molecule has 1 atom stereocenters. The van der Waals surface area contributed by atoms with Crippen LogP contribution in [0.1, 0.15) is 18.2 Å². The van der Waals surface area contributed by atoms with Gasteiger partial charge >= 0.3 is 0 Å². The number of aromatic nitrogens is 1. The monoisotopic (exact) mass is 301 g/mol. The maximum Gasteiger partial charge on any atom is 0.279 e. The van der Waals surface area contributed by atoms with Crippen LogP contribution in [0.25, 0.3) is 0 Å². The molecule has 2 rings (SSSR count). The number of benzene rings is 1. The third-order valence-electron chi connectivity index (χ3n) is 2.90. The molecule has 0 aliphatic heterocycles. The number of aliphatic hydroxyl groups excluding tert-OH is 1. The molecule has 1 aromatic carbocycles. The second-order valence-corrected chi connectivity index (χ2v) is 6.65. The van der Waals surface area contributed by atoms with E-state index in [0.29, 0.717) is 16.6 Å². The molecule has 0 radical (unpaired) electrons. The van der Waals surface area contributed by atoms with Crippen molar-refractivity contribution in [2.45, 2.75) is 13.5 Å². The highest BCUT2D eigenvalue weighted by molar-refractivity contribution is 7.74. The van der Waals surface area contributed by atoms with E-state index in [2.05, 4.69) is 10.9 Å². The van der Waals surface area contributed by atoms with Gasteiger partial charge in [-0.25, -0.2) is 4.98 Å². The molecule has 1 heterocycles. The molecule has 21 heavy (non-hydrogen) atoms. The van der Waals surface area contributed by atoms with Crippen LogP contribution in [0.4, 0.5) is 0 Å². The molecule has 0 aliphatic rings. The van der Waals surface area contributed by atoms with E-state index in [4.69, 9.17) is 10.9 Å². The molecule has 0 spiro atoms. The number of nitrogens with zero attached hydrogens (tertiary/aromatic N) is 1. The van der Waals surface area contributed by atoms with Gasteiger partial charge in [-0.3, -0.25) is 4.57 Å². The van der Waals surface area contributed by atoms with Gasteiger partial charge in [0.15, 0.2) is 0 Å². The molecule has 1 N–H and O–H groups in total. The van der Waals surface area contributed by atoms with E-state index in [0.717, 1.165) is 0 Å². The highest BCUT2D eigenvalue weighted by atomic mass is 31.2. The molecule has 0 fully saturated rings. The van der Waals surface area contributed by atoms with E-state index >= 15 is 0 Å². The lowest BCUT2D eigenvalue weighted by Gasteiger charge is -2.18. The van der Waals surface area contributed by atoms with E-state index < -0.39 is 7.37 Å². The number of hydrogen-bond donors (Lipinski definition) is 1. The van der Waals surface area contributed by atoms with E-state index in [1.54, 1.807) is 43.3 Å². The molecule has 108 valence electrons. The predicted molar refractivity (Wildman–Crippen MR) is 83.0 cm³/mol. The Morgan fingerprint density at radius 3 is 2.62 bits per heavy atom. The van der Waals surface area contributed by atoms with Gasteiger partial charge in [-0.15, -0.1) is 6.42 Å². The second-order valence-electron chi connectivity index (χ2n) is 4.31. The Hall–Kier alpha value is -1.92. The Kier molecular flexibility index (Phi) is 4.93. The highest BCUT2D eigenvalue weighted by Crippen LogP contribution is 2.43. The largest absolute Gasteiger partial charge is 0.390 e. The first kappa shape index (κ1) is 15.5. The summed E-state index contributed by atoms with van der Waals surface area (Å²) in [5.74, 6) is 2.48. The summed E-state index contributed by atoms with van der Waals surface area (Å²) in [6.45, 7) is 1.78. The molecule has 0 amide bonds. The maximum absolute atomic E-state index is 13.3. The number of aliphatic hydroxyl groups is 1. The van der Waals surface area contributed by atoms with E-state index in [1.807, 2.05) is 6.07 Å². The SMILES string of the molecule is C#Cc1cc(CO)nc(P(=O)(OCC)c2ccccc2)c1. The molecule has 0 bridgehead atoms. The summed E-state index contributed by atoms with van der Waals surface area (Å²) in [5, 5.41) is 9.84. The number of pyridine rings is 1. The molecule has 1 unspecified atom stereocenters. The lowest BCUT2D eigenvalue weighted by atomic mass is 10.2. The normalized spacial score (nSPS) is 13.4. The molecular formula is C16H16NO3P. The zero-order valence-electron chi connectivity index (χ0n) is 11.7. The lowest BCUT2D eigenvalue weighted by Crippen LogP contribution is -2.22. The van der Waals surface area contributed by atoms with Crippen LogP contribution >= 0.6 is 7.37 Å². The minimum Gasteiger partial charge on any atom is -0.390 e. The molecule has 5 heteroatoms. The Morgan fingerprint density at radius 2 is 2.05 bits per heavy atom. The van der Waals surface area contributed by atoms with Crippen molar-refractivity contribution in [2.75, 3.05) is 6.61 Å². The van der Waals surface area contributed by atoms with Crippen molar-refractivity contribution in [3.8, 4) is 12.3 Å². The highest BCUT2D eigenvalue weighted by Gasteiger charge is 2.30. The Labute approximate surface area is 124 Å². The van der Waals surface area contributed by atoms with Crippen molar-refractivity contribution in [1.29, 1.82) is 0 Å². The van der Waals surface area contributed by atoms with Gasteiger partial charge in [-0.05, 0) is 31.2 Å². The summed E-state index contributed by atoms with van der Waals surface area (Å²) >= 11 is 0. The summed E-state index contributed by atoms with van der Waals surface area (Å²) in [5.41, 5.74) is 1.14. The van der Waals surface area contributed by atoms with Crippen LogP contribution in [0.2, 0.25) is 0 Å². The van der Waals surface area contributed by atoms with Gasteiger partial charge in [0, 0.05) is 10.9 Å². The summed E-state index contributed by atoms with van der Waals surface area (Å²) in [6.07, 6.45) is 5.41. The van der Waals surface area contributed by atoms with E-state index in [9.17, 15) is 9.67 Å². The van der Waals surface area contributed by atoms with Crippen LogP contribution in [0.3, 0.4) is 0 Å². The number of rotatable bonds is 5. The van der Waals surface area contributed by atoms with Crippen molar-refractivity contribution < 1.29 is 14.2 Å². The van der Waals surface area contributed by atoms with Crippen LogP contribution in [-0.2, 0) is 15.7 Å². The Balaban J connectivity index is 2.64. The fourth-order valence-corrected chi connectivity index (χ4v) is 4.01. The topological polar surface area (TPSA) is 59.4 Å². The summed E-state index contributed by atoms with van der Waals surface area (Å²) in [6, 6.07) is 12.0. The molecule has 1 aromatic heterocycles. The minimum atomic E-state index is -3.32. The van der Waals surface area contributed by atoms with Crippen molar-refractivity contribution in [2.24, 2.45) is 0 Å². The van der Waals surface area contributed by atoms with Gasteiger partial charge in [-0.1, -0.05) is 24.1 Å². The first-order valence-corrected chi connectivity index (χ1v) is 8.15. The van der Waals surface area contributed by atoms with Gasteiger partial charge in [-0.2, -0.15) is 0 Å². The van der Waals surface area contributed by atoms with Crippen LogP contribution in [0.5, 0.6) is 0 Å². The van der Waals surface area contributed by atoms with Gasteiger partial charge in [0.1, 0.15) is 5.44 Å². The Morgan fingerprint density at radius 1 is 1.33 bits per heavy atom. The first-order chi connectivity index (χ1) is 10.1. The van der Waals surface area contributed by atoms with Crippen LogP contribution in [0.15, 0.2) is 42.5 Å². The van der Waals surface area contributed by atoms with Crippen molar-refractivity contribution in [3.05, 3.63) is 53.7 Å². The predicted octanol–water partition coefficient (Wildman–Crippen LogP) is 1.82. The summed E-state index contributed by atoms with van der Waals surface area (Å²) in [4.78, 5) is 4.23. The van der Waals surface area contributed by atoms with Gasteiger partial charge in [0.25, 0.3) is 7.37 Å². The smallest absolute Gasteiger partial charge is 0.279 e. The zero-order valence-corrected chi connectivity index (χ0v) is 12.6. The van der Waals surface area contributed by atoms with Gasteiger partial charge < -0.3 is 9.63 Å². The second kappa shape index (κ2) is 6.69. The molecule has 0 saturated carbocycles. The van der Waals surface area contributed by atoms with Crippen molar-refractivity contribution in [3.63, 3.8) is 0 Å². The van der Waals surface area contributed by atoms with Gasteiger partial charge in [0.2, 0.25) is 0 Å².